The van der Waals surface area contributed by atoms with Crippen LogP contribution in [0.4, 0.5) is 4.79 Å². The van der Waals surface area contributed by atoms with Gasteiger partial charge >= 0.3 is 6.09 Å². The lowest BCUT2D eigenvalue weighted by Gasteiger charge is -2.50. The predicted octanol–water partition coefficient (Wildman–Crippen LogP) is 6.20. The van der Waals surface area contributed by atoms with E-state index in [9.17, 15) is 15.2 Å². The van der Waals surface area contributed by atoms with Gasteiger partial charge in [0.25, 0.3) is 0 Å². The van der Waals surface area contributed by atoms with Crippen molar-refractivity contribution in [2.45, 2.75) is 154 Å². The first-order valence-corrected chi connectivity index (χ1v) is 15.1. The minimum atomic E-state index is -0.688. The van der Waals surface area contributed by atoms with E-state index in [2.05, 4.69) is 30.5 Å². The molecule has 0 spiro atoms. The van der Waals surface area contributed by atoms with Gasteiger partial charge in [0, 0.05) is 40.5 Å². The normalized spacial score (nSPS) is 23.5. The quantitative estimate of drug-likeness (QED) is 0.115. The van der Waals surface area contributed by atoms with Crippen molar-refractivity contribution in [1.29, 1.82) is 0 Å². The van der Waals surface area contributed by atoms with Crippen molar-refractivity contribution in [2.75, 3.05) is 6.73 Å². The van der Waals surface area contributed by atoms with Gasteiger partial charge in [-0.3, -0.25) is 5.32 Å². The summed E-state index contributed by atoms with van der Waals surface area (Å²) >= 11 is 0. The number of carbonyl (C=O) groups is 1. The smallest absolute Gasteiger partial charge is 0.408 e. The summed E-state index contributed by atoms with van der Waals surface area (Å²) < 4.78 is 5.87. The Balaban J connectivity index is 1.57. The number of piperidine rings is 2. The molecule has 1 aromatic carbocycles. The topological polar surface area (TPSA) is 116 Å². The highest BCUT2D eigenvalue weighted by Crippen LogP contribution is 2.39. The predicted molar refractivity (Wildman–Crippen MR) is 162 cm³/mol. The Hall–Kier alpha value is -1.79. The Bertz CT molecular complexity index is 1060. The van der Waals surface area contributed by atoms with Crippen molar-refractivity contribution in [3.8, 4) is 0 Å². The van der Waals surface area contributed by atoms with Gasteiger partial charge in [-0.1, -0.05) is 24.3 Å². The molecule has 2 heterocycles. The van der Waals surface area contributed by atoms with Crippen LogP contribution in [0.15, 0.2) is 24.3 Å². The van der Waals surface area contributed by atoms with Gasteiger partial charge in [-0.05, 0) is 107 Å². The van der Waals surface area contributed by atoms with Crippen molar-refractivity contribution in [1.82, 2.24) is 20.8 Å². The molecule has 2 aliphatic rings. The summed E-state index contributed by atoms with van der Waals surface area (Å²) in [6.45, 7) is 24.0. The third kappa shape index (κ3) is 8.02. The Labute approximate surface area is 252 Å². The van der Waals surface area contributed by atoms with Gasteiger partial charge in [-0.2, -0.15) is 10.1 Å². The number of hydrogen-bond acceptors (Lipinski definition) is 9. The summed E-state index contributed by atoms with van der Waals surface area (Å²) in [5.41, 5.74) is -1.01. The summed E-state index contributed by atoms with van der Waals surface area (Å²) in [5.74, 6) is 0. The lowest BCUT2D eigenvalue weighted by atomic mass is 9.80. The molecule has 0 atom stereocenters. The molecule has 42 heavy (non-hydrogen) atoms. The van der Waals surface area contributed by atoms with E-state index in [1.54, 1.807) is 0 Å². The van der Waals surface area contributed by atoms with Crippen LogP contribution >= 0.6 is 0 Å². The first kappa shape index (κ1) is 34.7. The van der Waals surface area contributed by atoms with Crippen LogP contribution in [0.5, 0.6) is 0 Å². The number of nitrogens with one attached hydrogen (secondary N) is 2. The lowest BCUT2D eigenvalue weighted by Crippen LogP contribution is -2.61. The number of alkyl carbamates (subject to hydrolysis) is 1. The molecule has 0 bridgehead atoms. The third-order valence-corrected chi connectivity index (χ3v) is 8.97. The van der Waals surface area contributed by atoms with Gasteiger partial charge in [-0.25, -0.2) is 14.6 Å². The van der Waals surface area contributed by atoms with Gasteiger partial charge in [0.2, 0.25) is 0 Å². The zero-order chi connectivity index (χ0) is 31.9. The molecular weight excluding hydrogens is 536 g/mol. The number of benzene rings is 1. The summed E-state index contributed by atoms with van der Waals surface area (Å²) in [5, 5.41) is 30.3. The molecule has 4 N–H and O–H groups in total. The summed E-state index contributed by atoms with van der Waals surface area (Å²) in [7, 11) is 0. The van der Waals surface area contributed by atoms with E-state index in [1.807, 2.05) is 87.4 Å². The van der Waals surface area contributed by atoms with Crippen LogP contribution < -0.4 is 10.6 Å². The van der Waals surface area contributed by atoms with Gasteiger partial charge in [0.05, 0.1) is 11.6 Å². The van der Waals surface area contributed by atoms with Crippen LogP contribution in [-0.2, 0) is 25.6 Å². The molecule has 0 aromatic heterocycles. The minimum absolute atomic E-state index is 0.133. The van der Waals surface area contributed by atoms with E-state index < -0.39 is 39.3 Å². The van der Waals surface area contributed by atoms with E-state index in [0.29, 0.717) is 25.7 Å². The first-order chi connectivity index (χ1) is 19.0. The Kier molecular flexibility index (Phi) is 9.87. The molecule has 2 fully saturated rings. The first-order valence-electron chi connectivity index (χ1n) is 15.1. The number of rotatable bonds is 9. The average molecular weight is 593 g/mol. The van der Waals surface area contributed by atoms with E-state index in [0.717, 1.165) is 11.1 Å². The number of nitrogens with zero attached hydrogens (tertiary/aromatic N) is 2. The Morgan fingerprint density at radius 3 is 1.71 bits per heavy atom. The molecule has 0 radical (unpaired) electrons. The zero-order valence-corrected chi connectivity index (χ0v) is 27.9. The van der Waals surface area contributed by atoms with Gasteiger partial charge in [0.1, 0.15) is 12.8 Å². The van der Waals surface area contributed by atoms with E-state index in [1.165, 1.54) is 10.1 Å². The highest BCUT2D eigenvalue weighted by Gasteiger charge is 2.47. The van der Waals surface area contributed by atoms with Crippen LogP contribution in [-0.4, -0.2) is 67.7 Å². The standard InChI is InChI=1S/C32H56N4O6/c1-27(2)17-24(18-28(3,4)35(27)38)41-26(37)34-32(11,12)23-15-13-14-22(16-23)31(9,10)33-21-40-42-25-19-29(5,6)36(39)30(7,8)20-25/h13-16,24-25,33,38-39H,17-21H2,1-12H3,(H,34,37). The number of amides is 1. The van der Waals surface area contributed by atoms with Gasteiger partial charge < -0.3 is 20.5 Å². The maximum absolute atomic E-state index is 13.0. The van der Waals surface area contributed by atoms with Crippen LogP contribution in [0.3, 0.4) is 0 Å². The second-order valence-electron chi connectivity index (χ2n) is 15.8. The number of carbonyl (C=O) groups excluding carboxylic acids is 1. The van der Waals surface area contributed by atoms with E-state index in [-0.39, 0.29) is 18.9 Å². The van der Waals surface area contributed by atoms with Crippen molar-refractivity contribution < 1.29 is 29.7 Å². The van der Waals surface area contributed by atoms with Crippen molar-refractivity contribution in [3.63, 3.8) is 0 Å². The fourth-order valence-corrected chi connectivity index (χ4v) is 6.76. The molecule has 2 aliphatic heterocycles. The van der Waals surface area contributed by atoms with Crippen LogP contribution in [0.1, 0.15) is 120 Å². The highest BCUT2D eigenvalue weighted by atomic mass is 17.2. The number of ether oxygens (including phenoxy) is 1. The molecule has 0 aliphatic carbocycles. The van der Waals surface area contributed by atoms with E-state index >= 15 is 0 Å². The zero-order valence-electron chi connectivity index (χ0n) is 27.9. The second-order valence-corrected chi connectivity index (χ2v) is 15.8. The Morgan fingerprint density at radius 2 is 1.24 bits per heavy atom. The molecule has 0 saturated carbocycles. The molecule has 1 aromatic rings. The molecule has 0 unspecified atom stereocenters. The highest BCUT2D eigenvalue weighted by molar-refractivity contribution is 5.69. The molecule has 10 nitrogen and oxygen atoms in total. The van der Waals surface area contributed by atoms with Gasteiger partial charge in [0.15, 0.2) is 0 Å². The third-order valence-electron chi connectivity index (χ3n) is 8.97. The lowest BCUT2D eigenvalue weighted by molar-refractivity contribution is -0.361. The van der Waals surface area contributed by atoms with Crippen LogP contribution in [0, 0.1) is 0 Å². The average Bonchev–Trinajstić information content (AvgIpc) is 2.82. The largest absolute Gasteiger partial charge is 0.446 e. The summed E-state index contributed by atoms with van der Waals surface area (Å²) in [4.78, 5) is 24.4. The Morgan fingerprint density at radius 1 is 0.810 bits per heavy atom. The molecule has 1 amide bonds. The summed E-state index contributed by atoms with van der Waals surface area (Å²) in [6, 6.07) is 8.09. The molecular formula is C32H56N4O6. The summed E-state index contributed by atoms with van der Waals surface area (Å²) in [6.07, 6.45) is 1.47. The minimum Gasteiger partial charge on any atom is -0.446 e. The van der Waals surface area contributed by atoms with Crippen molar-refractivity contribution >= 4 is 6.09 Å². The van der Waals surface area contributed by atoms with Crippen LogP contribution in [0.25, 0.3) is 0 Å². The number of hydroxylamine groups is 4. The number of hydrogen-bond donors (Lipinski definition) is 4. The molecule has 3 rings (SSSR count). The fraction of sp³-hybridized carbons (Fsp3) is 0.781. The maximum atomic E-state index is 13.0. The SMILES string of the molecule is CC(C)(NCOOC1CC(C)(C)N(O)C(C)(C)C1)c1cccc(C(C)(C)NC(=O)OC2CC(C)(C)N(O)C(C)(C)C2)c1. The monoisotopic (exact) mass is 592 g/mol. The maximum Gasteiger partial charge on any atom is 0.408 e. The fourth-order valence-electron chi connectivity index (χ4n) is 6.76. The second kappa shape index (κ2) is 12.0. The van der Waals surface area contributed by atoms with Crippen molar-refractivity contribution in [3.05, 3.63) is 35.4 Å². The van der Waals surface area contributed by atoms with Crippen LogP contribution in [0.2, 0.25) is 0 Å². The molecule has 240 valence electrons. The van der Waals surface area contributed by atoms with E-state index in [4.69, 9.17) is 14.5 Å². The van der Waals surface area contributed by atoms with Gasteiger partial charge in [-0.15, -0.1) is 0 Å². The molecule has 2 saturated heterocycles. The molecule has 10 heteroatoms. The van der Waals surface area contributed by atoms with Crippen molar-refractivity contribution in [2.24, 2.45) is 0 Å².